The van der Waals surface area contributed by atoms with Gasteiger partial charge in [0.15, 0.2) is 0 Å². The van der Waals surface area contributed by atoms with Gasteiger partial charge in [0.25, 0.3) is 5.91 Å². The summed E-state index contributed by atoms with van der Waals surface area (Å²) >= 11 is 17.3. The van der Waals surface area contributed by atoms with Crippen molar-refractivity contribution in [3.8, 4) is 0 Å². The van der Waals surface area contributed by atoms with E-state index in [2.05, 4.69) is 26.6 Å². The van der Waals surface area contributed by atoms with Gasteiger partial charge in [0.05, 0.1) is 5.57 Å². The van der Waals surface area contributed by atoms with E-state index in [0.717, 1.165) is 15.6 Å². The number of fused-ring (bicyclic) bond motifs is 1. The molecular weight excluding hydrogens is 581 g/mol. The lowest BCUT2D eigenvalue weighted by molar-refractivity contribution is -0.113. The number of hydrogen-bond donors (Lipinski definition) is 2. The Morgan fingerprint density at radius 2 is 1.81 bits per heavy atom. The lowest BCUT2D eigenvalue weighted by atomic mass is 9.95. The molecule has 1 aromatic heterocycles. The number of carbonyl (C=O) groups is 1. The van der Waals surface area contributed by atoms with Crippen LogP contribution in [0.15, 0.2) is 93.7 Å². The number of nitrogens with one attached hydrogen (secondary N) is 2. The summed E-state index contributed by atoms with van der Waals surface area (Å²) in [5.41, 5.74) is 3.82. The van der Waals surface area contributed by atoms with Crippen LogP contribution in [-0.2, 0) is 10.5 Å². The second-order valence-electron chi connectivity index (χ2n) is 8.12. The zero-order valence-corrected chi connectivity index (χ0v) is 22.9. The fourth-order valence-electron chi connectivity index (χ4n) is 3.93. The van der Waals surface area contributed by atoms with E-state index in [-0.39, 0.29) is 5.91 Å². The van der Waals surface area contributed by atoms with Gasteiger partial charge in [-0.05, 0) is 60.5 Å². The number of amides is 1. The minimum absolute atomic E-state index is 0.235. The molecule has 0 radical (unpaired) electrons. The van der Waals surface area contributed by atoms with E-state index < -0.39 is 6.04 Å². The number of benzene rings is 3. The highest BCUT2D eigenvalue weighted by Gasteiger charge is 2.34. The van der Waals surface area contributed by atoms with Crippen LogP contribution in [0.5, 0.6) is 0 Å². The zero-order valence-electron chi connectivity index (χ0n) is 19.0. The van der Waals surface area contributed by atoms with E-state index in [4.69, 9.17) is 33.3 Å². The van der Waals surface area contributed by atoms with Gasteiger partial charge in [0.1, 0.15) is 6.04 Å². The predicted molar refractivity (Wildman–Crippen MR) is 150 cm³/mol. The molecule has 0 saturated carbocycles. The van der Waals surface area contributed by atoms with Gasteiger partial charge in [-0.3, -0.25) is 4.79 Å². The van der Waals surface area contributed by atoms with Crippen molar-refractivity contribution in [3.63, 3.8) is 0 Å². The largest absolute Gasteiger partial charge is 0.328 e. The molecular formula is C26H20BrCl2N5OS. The van der Waals surface area contributed by atoms with Gasteiger partial charge in [-0.2, -0.15) is 4.98 Å². The SMILES string of the molecule is CC1=C(C(=O)Nc2ccc(Cl)cc2)[C@@H](c2ccc(Br)cc2)n2nc(SCc3ccccc3Cl)nc2N1. The lowest BCUT2D eigenvalue weighted by Gasteiger charge is -2.28. The number of rotatable bonds is 6. The number of halogens is 3. The molecule has 182 valence electrons. The van der Waals surface area contributed by atoms with E-state index in [1.807, 2.05) is 55.5 Å². The molecule has 10 heteroatoms. The molecule has 5 rings (SSSR count). The van der Waals surface area contributed by atoms with Gasteiger partial charge >= 0.3 is 0 Å². The van der Waals surface area contributed by atoms with E-state index in [1.165, 1.54) is 11.8 Å². The average Bonchev–Trinajstić information content (AvgIpc) is 3.27. The summed E-state index contributed by atoms with van der Waals surface area (Å²) < 4.78 is 2.71. The summed E-state index contributed by atoms with van der Waals surface area (Å²) in [6.07, 6.45) is 0. The minimum Gasteiger partial charge on any atom is -0.328 e. The maximum Gasteiger partial charge on any atom is 0.255 e. The van der Waals surface area contributed by atoms with Crippen molar-refractivity contribution in [2.24, 2.45) is 0 Å². The molecule has 0 fully saturated rings. The molecule has 6 nitrogen and oxygen atoms in total. The van der Waals surface area contributed by atoms with Crippen molar-refractivity contribution >= 4 is 68.4 Å². The van der Waals surface area contributed by atoms with Crippen molar-refractivity contribution in [2.75, 3.05) is 10.6 Å². The quantitative estimate of drug-likeness (QED) is 0.223. The molecule has 3 aromatic carbocycles. The van der Waals surface area contributed by atoms with Crippen molar-refractivity contribution in [1.29, 1.82) is 0 Å². The highest BCUT2D eigenvalue weighted by atomic mass is 79.9. The molecule has 2 N–H and O–H groups in total. The molecule has 0 unspecified atom stereocenters. The Hall–Kier alpha value is -2.78. The van der Waals surface area contributed by atoms with Crippen LogP contribution in [0, 0.1) is 0 Å². The van der Waals surface area contributed by atoms with E-state index >= 15 is 0 Å². The maximum atomic E-state index is 13.5. The van der Waals surface area contributed by atoms with E-state index in [0.29, 0.717) is 43.9 Å². The smallest absolute Gasteiger partial charge is 0.255 e. The maximum absolute atomic E-state index is 13.5. The molecule has 2 heterocycles. The lowest BCUT2D eigenvalue weighted by Crippen LogP contribution is -2.31. The van der Waals surface area contributed by atoms with Crippen molar-refractivity contribution < 1.29 is 4.79 Å². The van der Waals surface area contributed by atoms with Gasteiger partial charge < -0.3 is 10.6 Å². The molecule has 0 saturated heterocycles. The Balaban J connectivity index is 1.48. The number of aromatic nitrogens is 3. The Labute approximate surface area is 231 Å². The predicted octanol–water partition coefficient (Wildman–Crippen LogP) is 7.57. The number of thioether (sulfide) groups is 1. The molecule has 4 aromatic rings. The highest BCUT2D eigenvalue weighted by Crippen LogP contribution is 2.37. The zero-order chi connectivity index (χ0) is 25.2. The van der Waals surface area contributed by atoms with Crippen molar-refractivity contribution in [2.45, 2.75) is 23.9 Å². The first-order valence-electron chi connectivity index (χ1n) is 11.0. The third-order valence-electron chi connectivity index (χ3n) is 5.68. The Bertz CT molecular complexity index is 1450. The minimum atomic E-state index is -0.469. The first kappa shape index (κ1) is 24.9. The molecule has 1 atom stereocenters. The van der Waals surface area contributed by atoms with Gasteiger partial charge in [-0.15, -0.1) is 5.10 Å². The topological polar surface area (TPSA) is 71.8 Å². The second kappa shape index (κ2) is 10.7. The van der Waals surface area contributed by atoms with Crippen LogP contribution in [0.25, 0.3) is 0 Å². The van der Waals surface area contributed by atoms with Crippen molar-refractivity contribution in [3.05, 3.63) is 110 Å². The monoisotopic (exact) mass is 599 g/mol. The normalized spacial score (nSPS) is 14.8. The standard InChI is InChI=1S/C26H20BrCl2N5OS/c1-15-22(24(35)31-20-12-10-19(28)11-13-20)23(16-6-8-18(27)9-7-16)34-25(30-15)32-26(33-34)36-14-17-4-2-3-5-21(17)29/h2-13,23H,14H2,1H3,(H,31,35)(H,30,32,33)/t23-/m1/s1. The molecule has 36 heavy (non-hydrogen) atoms. The first-order chi connectivity index (χ1) is 17.4. The summed E-state index contributed by atoms with van der Waals surface area (Å²) in [6, 6.07) is 22.1. The summed E-state index contributed by atoms with van der Waals surface area (Å²) in [4.78, 5) is 18.2. The summed E-state index contributed by atoms with van der Waals surface area (Å²) in [5, 5.41) is 12.9. The van der Waals surface area contributed by atoms with Crippen LogP contribution in [0.3, 0.4) is 0 Å². The van der Waals surface area contributed by atoms with Crippen LogP contribution >= 0.6 is 50.9 Å². The number of allylic oxidation sites excluding steroid dienone is 1. The third-order valence-corrected chi connectivity index (χ3v) is 7.72. The van der Waals surface area contributed by atoms with Crippen LogP contribution < -0.4 is 10.6 Å². The number of anilines is 2. The van der Waals surface area contributed by atoms with Crippen molar-refractivity contribution in [1.82, 2.24) is 14.8 Å². The Kier molecular flexibility index (Phi) is 7.39. The van der Waals surface area contributed by atoms with E-state index in [9.17, 15) is 4.79 Å². The first-order valence-corrected chi connectivity index (χ1v) is 13.6. The molecule has 0 bridgehead atoms. The van der Waals surface area contributed by atoms with Crippen LogP contribution in [0.4, 0.5) is 11.6 Å². The van der Waals surface area contributed by atoms with Gasteiger partial charge in [-0.25, -0.2) is 4.68 Å². The molecule has 1 aliphatic heterocycles. The number of hydrogen-bond acceptors (Lipinski definition) is 5. The molecule has 1 amide bonds. The molecule has 0 spiro atoms. The van der Waals surface area contributed by atoms with Gasteiger partial charge in [0.2, 0.25) is 11.1 Å². The van der Waals surface area contributed by atoms with Crippen LogP contribution in [0.1, 0.15) is 24.1 Å². The molecule has 1 aliphatic rings. The summed E-state index contributed by atoms with van der Waals surface area (Å²) in [7, 11) is 0. The molecule has 0 aliphatic carbocycles. The number of nitrogens with zero attached hydrogens (tertiary/aromatic N) is 3. The summed E-state index contributed by atoms with van der Waals surface area (Å²) in [6.45, 7) is 1.87. The highest BCUT2D eigenvalue weighted by molar-refractivity contribution is 9.10. The third kappa shape index (κ3) is 5.32. The fourth-order valence-corrected chi connectivity index (χ4v) is 5.43. The van der Waals surface area contributed by atoms with Crippen LogP contribution in [-0.4, -0.2) is 20.7 Å². The Morgan fingerprint density at radius 3 is 2.53 bits per heavy atom. The summed E-state index contributed by atoms with van der Waals surface area (Å²) in [5.74, 6) is 0.967. The second-order valence-corrected chi connectivity index (χ2v) is 10.8. The fraction of sp³-hybridized carbons (Fsp3) is 0.115. The van der Waals surface area contributed by atoms with Crippen LogP contribution in [0.2, 0.25) is 10.0 Å². The van der Waals surface area contributed by atoms with Gasteiger partial charge in [-0.1, -0.05) is 81.2 Å². The Morgan fingerprint density at radius 1 is 1.08 bits per heavy atom. The van der Waals surface area contributed by atoms with E-state index in [1.54, 1.807) is 28.9 Å². The number of carbonyl (C=O) groups excluding carboxylic acids is 1. The van der Waals surface area contributed by atoms with Gasteiger partial charge in [0, 0.05) is 31.7 Å². The average molecular weight is 601 g/mol.